The van der Waals surface area contributed by atoms with Crippen LogP contribution < -0.4 is 4.90 Å². The van der Waals surface area contributed by atoms with Crippen LogP contribution in [0.2, 0.25) is 0 Å². The predicted octanol–water partition coefficient (Wildman–Crippen LogP) is 2.49. The highest BCUT2D eigenvalue weighted by atomic mass is 32.2. The van der Waals surface area contributed by atoms with Crippen LogP contribution in [0.15, 0.2) is 53.6 Å². The fourth-order valence-electron chi connectivity index (χ4n) is 1.87. The maximum atomic E-state index is 11.4. The van der Waals surface area contributed by atoms with Crippen LogP contribution in [0, 0.1) is 0 Å². The van der Waals surface area contributed by atoms with Gasteiger partial charge in [0.05, 0.1) is 5.69 Å². The molecule has 2 aromatic rings. The van der Waals surface area contributed by atoms with Crippen LogP contribution in [0.25, 0.3) is 0 Å². The second-order valence-electron chi connectivity index (χ2n) is 3.87. The third-order valence-electron chi connectivity index (χ3n) is 2.68. The minimum Gasteiger partial charge on any atom is -0.325 e. The first-order chi connectivity index (χ1) is 9.04. The van der Waals surface area contributed by atoms with Crippen LogP contribution in [0.1, 0.15) is 6.92 Å². The number of pyridine rings is 1. The van der Waals surface area contributed by atoms with Crippen molar-refractivity contribution in [3.63, 3.8) is 0 Å². The molecule has 0 saturated heterocycles. The summed E-state index contributed by atoms with van der Waals surface area (Å²) in [4.78, 5) is 5.80. The van der Waals surface area contributed by atoms with Gasteiger partial charge in [-0.25, -0.2) is 4.98 Å². The number of aromatic nitrogens is 1. The Hall–Kier alpha value is -1.92. The Morgan fingerprint density at radius 3 is 2.42 bits per heavy atom. The van der Waals surface area contributed by atoms with Crippen molar-refractivity contribution in [2.45, 2.75) is 11.8 Å². The van der Waals surface area contributed by atoms with Crippen LogP contribution in [-0.2, 0) is 10.1 Å². The van der Waals surface area contributed by atoms with Crippen LogP contribution in [0.3, 0.4) is 0 Å². The lowest BCUT2D eigenvalue weighted by molar-refractivity contribution is 0.483. The van der Waals surface area contributed by atoms with Crippen LogP contribution >= 0.6 is 0 Å². The Morgan fingerprint density at radius 1 is 1.16 bits per heavy atom. The maximum absolute atomic E-state index is 11.4. The van der Waals surface area contributed by atoms with Gasteiger partial charge in [-0.05, 0) is 31.2 Å². The van der Waals surface area contributed by atoms with E-state index >= 15 is 0 Å². The van der Waals surface area contributed by atoms with Crippen molar-refractivity contribution in [1.29, 1.82) is 0 Å². The van der Waals surface area contributed by atoms with E-state index in [1.807, 2.05) is 13.0 Å². The van der Waals surface area contributed by atoms with Gasteiger partial charge in [-0.2, -0.15) is 8.42 Å². The normalized spacial score (nSPS) is 11.3. The molecule has 100 valence electrons. The van der Waals surface area contributed by atoms with Crippen molar-refractivity contribution < 1.29 is 13.0 Å². The summed E-state index contributed by atoms with van der Waals surface area (Å²) in [5.41, 5.74) is 0.409. The third-order valence-corrected chi connectivity index (χ3v) is 3.58. The molecule has 0 unspecified atom stereocenters. The molecule has 0 aliphatic carbocycles. The summed E-state index contributed by atoms with van der Waals surface area (Å²) >= 11 is 0. The summed E-state index contributed by atoms with van der Waals surface area (Å²) in [5.74, 6) is 0.626. The third kappa shape index (κ3) is 2.91. The van der Waals surface area contributed by atoms with E-state index in [1.165, 1.54) is 6.07 Å². The van der Waals surface area contributed by atoms with Crippen molar-refractivity contribution in [1.82, 2.24) is 4.98 Å². The lowest BCUT2D eigenvalue weighted by Gasteiger charge is -2.23. The second kappa shape index (κ2) is 5.38. The first-order valence-corrected chi connectivity index (χ1v) is 7.23. The molecule has 19 heavy (non-hydrogen) atoms. The summed E-state index contributed by atoms with van der Waals surface area (Å²) in [7, 11) is -4.27. The molecule has 1 heterocycles. The Kier molecular flexibility index (Phi) is 3.82. The quantitative estimate of drug-likeness (QED) is 0.870. The van der Waals surface area contributed by atoms with Gasteiger partial charge in [0.2, 0.25) is 0 Å². The largest absolute Gasteiger partial charge is 0.325 e. The molecule has 0 aliphatic heterocycles. The van der Waals surface area contributed by atoms with E-state index in [4.69, 9.17) is 0 Å². The molecule has 0 amide bonds. The summed E-state index contributed by atoms with van der Waals surface area (Å²) in [6.45, 7) is 2.42. The number of benzene rings is 1. The van der Waals surface area contributed by atoms with Gasteiger partial charge in [-0.3, -0.25) is 4.55 Å². The van der Waals surface area contributed by atoms with Gasteiger partial charge >= 0.3 is 0 Å². The molecule has 0 fully saturated rings. The van der Waals surface area contributed by atoms with Gasteiger partial charge in [0.15, 0.2) is 0 Å². The Labute approximate surface area is 112 Å². The Bertz CT molecular complexity index is 657. The van der Waals surface area contributed by atoms with Gasteiger partial charge in [0, 0.05) is 12.7 Å². The highest BCUT2D eigenvalue weighted by Gasteiger charge is 2.19. The van der Waals surface area contributed by atoms with Crippen molar-refractivity contribution in [3.05, 3.63) is 48.7 Å². The molecule has 0 atom stereocenters. The molecule has 0 radical (unpaired) electrons. The minimum absolute atomic E-state index is 0.123. The predicted molar refractivity (Wildman–Crippen MR) is 73.2 cm³/mol. The molecule has 1 N–H and O–H groups in total. The molecule has 0 saturated carbocycles. The average Bonchev–Trinajstić information content (AvgIpc) is 2.40. The van der Waals surface area contributed by atoms with Crippen LogP contribution in [0.4, 0.5) is 11.5 Å². The molecule has 2 rings (SSSR count). The molecule has 0 aliphatic rings. The lowest BCUT2D eigenvalue weighted by atomic mass is 10.2. The molecule has 6 heteroatoms. The van der Waals surface area contributed by atoms with E-state index in [1.54, 1.807) is 41.4 Å². The zero-order valence-electron chi connectivity index (χ0n) is 10.4. The summed E-state index contributed by atoms with van der Waals surface area (Å²) in [6.07, 6.45) is 1.63. The maximum Gasteiger partial charge on any atom is 0.296 e. The monoisotopic (exact) mass is 278 g/mol. The number of anilines is 2. The molecule has 5 nitrogen and oxygen atoms in total. The Morgan fingerprint density at radius 2 is 1.84 bits per heavy atom. The summed E-state index contributed by atoms with van der Waals surface area (Å²) in [5, 5.41) is 0. The molecule has 1 aromatic heterocycles. The molecule has 0 spiro atoms. The standard InChI is InChI=1S/C13H14N2O3S/c1-2-15(13-9-5-6-10-14-13)11-7-3-4-8-12(11)19(16,17)18/h3-10H,2H2,1H3,(H,16,17,18). The fourth-order valence-corrected chi connectivity index (χ4v) is 2.56. The zero-order chi connectivity index (χ0) is 13.9. The summed E-state index contributed by atoms with van der Waals surface area (Å²) < 4.78 is 32.1. The van der Waals surface area contributed by atoms with Crippen molar-refractivity contribution in [3.8, 4) is 0 Å². The first kappa shape index (κ1) is 13.5. The lowest BCUT2D eigenvalue weighted by Crippen LogP contribution is -2.19. The molecule has 1 aromatic carbocycles. The second-order valence-corrected chi connectivity index (χ2v) is 5.26. The van der Waals surface area contributed by atoms with Gasteiger partial charge in [-0.15, -0.1) is 0 Å². The van der Waals surface area contributed by atoms with Gasteiger partial charge in [0.1, 0.15) is 10.7 Å². The van der Waals surface area contributed by atoms with Crippen LogP contribution in [-0.4, -0.2) is 24.5 Å². The SMILES string of the molecule is CCN(c1ccccn1)c1ccccc1S(=O)(=O)O. The average molecular weight is 278 g/mol. The molecular formula is C13H14N2O3S. The van der Waals surface area contributed by atoms with Gasteiger partial charge in [-0.1, -0.05) is 18.2 Å². The molecule has 0 bridgehead atoms. The highest BCUT2D eigenvalue weighted by Crippen LogP contribution is 2.29. The fraction of sp³-hybridized carbons (Fsp3) is 0.154. The van der Waals surface area contributed by atoms with E-state index in [2.05, 4.69) is 4.98 Å². The van der Waals surface area contributed by atoms with Crippen LogP contribution in [0.5, 0.6) is 0 Å². The number of nitrogens with zero attached hydrogens (tertiary/aromatic N) is 2. The topological polar surface area (TPSA) is 70.5 Å². The highest BCUT2D eigenvalue weighted by molar-refractivity contribution is 7.86. The zero-order valence-corrected chi connectivity index (χ0v) is 11.2. The number of hydrogen-bond acceptors (Lipinski definition) is 4. The van der Waals surface area contributed by atoms with Crippen molar-refractivity contribution in [2.24, 2.45) is 0 Å². The first-order valence-electron chi connectivity index (χ1n) is 5.79. The number of hydrogen-bond donors (Lipinski definition) is 1. The van der Waals surface area contributed by atoms with E-state index < -0.39 is 10.1 Å². The van der Waals surface area contributed by atoms with Crippen molar-refractivity contribution in [2.75, 3.05) is 11.4 Å². The van der Waals surface area contributed by atoms with E-state index in [0.29, 0.717) is 18.1 Å². The van der Waals surface area contributed by atoms with Gasteiger partial charge in [0.25, 0.3) is 10.1 Å². The van der Waals surface area contributed by atoms with E-state index in [0.717, 1.165) is 0 Å². The summed E-state index contributed by atoms with van der Waals surface area (Å²) in [6, 6.07) is 11.7. The smallest absolute Gasteiger partial charge is 0.296 e. The Balaban J connectivity index is 2.57. The van der Waals surface area contributed by atoms with Gasteiger partial charge < -0.3 is 4.90 Å². The number of rotatable bonds is 4. The van der Waals surface area contributed by atoms with Crippen molar-refractivity contribution >= 4 is 21.6 Å². The van der Waals surface area contributed by atoms with E-state index in [9.17, 15) is 13.0 Å². The minimum atomic E-state index is -4.27. The number of para-hydroxylation sites is 1. The molecular weight excluding hydrogens is 264 g/mol. The van der Waals surface area contributed by atoms with E-state index in [-0.39, 0.29) is 4.90 Å².